The van der Waals surface area contributed by atoms with Crippen molar-refractivity contribution < 1.29 is 19.8 Å². The number of aromatic carboxylic acids is 1. The molecule has 0 aliphatic carbocycles. The topological polar surface area (TPSA) is 74.6 Å². The van der Waals surface area contributed by atoms with E-state index >= 15 is 0 Å². The molecule has 0 bridgehead atoms. The molecule has 2 aromatic carbocycles. The molecular weight excluding hydrogens is 292 g/mol. The summed E-state index contributed by atoms with van der Waals surface area (Å²) >= 11 is 0. The Labute approximate surface area is 135 Å². The maximum atomic E-state index is 12.7. The first-order valence-corrected chi connectivity index (χ1v) is 7.48. The van der Waals surface area contributed by atoms with E-state index in [1.165, 1.54) is 12.1 Å². The summed E-state index contributed by atoms with van der Waals surface area (Å²) in [7, 11) is 0. The number of carbonyl (C=O) groups excluding carboxylic acids is 1. The first-order chi connectivity index (χ1) is 10.8. The molecule has 0 heterocycles. The van der Waals surface area contributed by atoms with Gasteiger partial charge < -0.3 is 10.2 Å². The summed E-state index contributed by atoms with van der Waals surface area (Å²) in [5.74, 6) is -1.66. The van der Waals surface area contributed by atoms with Crippen molar-refractivity contribution >= 4 is 11.8 Å². The van der Waals surface area contributed by atoms with E-state index in [4.69, 9.17) is 0 Å². The molecule has 23 heavy (non-hydrogen) atoms. The number of benzene rings is 2. The van der Waals surface area contributed by atoms with Crippen LogP contribution in [-0.4, -0.2) is 22.0 Å². The molecular formula is C19H20O4. The molecule has 0 radical (unpaired) electrons. The van der Waals surface area contributed by atoms with E-state index in [2.05, 4.69) is 0 Å². The minimum absolute atomic E-state index is 0.00129. The van der Waals surface area contributed by atoms with E-state index in [1.807, 2.05) is 20.8 Å². The van der Waals surface area contributed by atoms with Crippen LogP contribution in [0, 0.1) is 0 Å². The molecule has 2 rings (SSSR count). The van der Waals surface area contributed by atoms with Crippen molar-refractivity contribution in [3.8, 4) is 5.75 Å². The third-order valence-electron chi connectivity index (χ3n) is 4.25. The van der Waals surface area contributed by atoms with Gasteiger partial charge in [0.15, 0.2) is 5.78 Å². The summed E-state index contributed by atoms with van der Waals surface area (Å²) in [5.41, 5.74) is 0.456. The minimum Gasteiger partial charge on any atom is -0.507 e. The molecule has 4 nitrogen and oxygen atoms in total. The monoisotopic (exact) mass is 312 g/mol. The first kappa shape index (κ1) is 16.7. The summed E-state index contributed by atoms with van der Waals surface area (Å²) in [5, 5.41) is 19.9. The largest absolute Gasteiger partial charge is 0.507 e. The molecule has 0 fully saturated rings. The zero-order chi connectivity index (χ0) is 17.2. The molecule has 0 saturated heterocycles. The van der Waals surface area contributed by atoms with Crippen molar-refractivity contribution in [2.24, 2.45) is 0 Å². The second-order valence-electron chi connectivity index (χ2n) is 6.16. The molecule has 0 saturated carbocycles. The zero-order valence-corrected chi connectivity index (χ0v) is 13.5. The van der Waals surface area contributed by atoms with Gasteiger partial charge >= 0.3 is 5.97 Å². The number of carboxylic acids is 1. The van der Waals surface area contributed by atoms with Crippen LogP contribution in [0.2, 0.25) is 0 Å². The Morgan fingerprint density at radius 3 is 2.17 bits per heavy atom. The van der Waals surface area contributed by atoms with Crippen LogP contribution >= 0.6 is 0 Å². The fourth-order valence-electron chi connectivity index (χ4n) is 2.38. The van der Waals surface area contributed by atoms with Crippen LogP contribution < -0.4 is 0 Å². The molecule has 0 spiro atoms. The molecule has 0 aromatic heterocycles. The highest BCUT2D eigenvalue weighted by molar-refractivity contribution is 6.12. The van der Waals surface area contributed by atoms with Crippen LogP contribution in [0.15, 0.2) is 42.5 Å². The van der Waals surface area contributed by atoms with Gasteiger partial charge in [0.2, 0.25) is 0 Å². The van der Waals surface area contributed by atoms with Crippen LogP contribution in [0.25, 0.3) is 0 Å². The predicted molar refractivity (Wildman–Crippen MR) is 88.3 cm³/mol. The lowest BCUT2D eigenvalue weighted by Crippen LogP contribution is -2.18. The number of phenolic OH excluding ortho intramolecular Hbond substituents is 1. The molecule has 0 amide bonds. The van der Waals surface area contributed by atoms with Gasteiger partial charge in [0.25, 0.3) is 0 Å². The molecule has 0 aliphatic rings. The van der Waals surface area contributed by atoms with Gasteiger partial charge in [0.05, 0.1) is 11.1 Å². The van der Waals surface area contributed by atoms with E-state index in [9.17, 15) is 19.8 Å². The highest BCUT2D eigenvalue weighted by Crippen LogP contribution is 2.37. The van der Waals surface area contributed by atoms with E-state index in [1.54, 1.807) is 30.3 Å². The minimum atomic E-state index is -1.12. The third kappa shape index (κ3) is 3.26. The zero-order valence-electron chi connectivity index (χ0n) is 13.5. The number of carbonyl (C=O) groups is 2. The van der Waals surface area contributed by atoms with Crippen molar-refractivity contribution in [1.29, 1.82) is 0 Å². The Bertz CT molecular complexity index is 745. The van der Waals surface area contributed by atoms with Crippen molar-refractivity contribution in [2.75, 3.05) is 0 Å². The average molecular weight is 312 g/mol. The summed E-state index contributed by atoms with van der Waals surface area (Å²) in [6, 6.07) is 11.2. The summed E-state index contributed by atoms with van der Waals surface area (Å²) < 4.78 is 0. The Balaban J connectivity index is 2.68. The quantitative estimate of drug-likeness (QED) is 0.818. The smallest absolute Gasteiger partial charge is 0.335 e. The van der Waals surface area contributed by atoms with Gasteiger partial charge in [-0.1, -0.05) is 51.1 Å². The highest BCUT2D eigenvalue weighted by atomic mass is 16.4. The molecule has 0 aliphatic heterocycles. The highest BCUT2D eigenvalue weighted by Gasteiger charge is 2.27. The maximum absolute atomic E-state index is 12.7. The van der Waals surface area contributed by atoms with Crippen LogP contribution in [-0.2, 0) is 5.41 Å². The number of aromatic hydroxyl groups is 1. The lowest BCUT2D eigenvalue weighted by Gasteiger charge is -2.25. The van der Waals surface area contributed by atoms with E-state index in [0.29, 0.717) is 17.5 Å². The maximum Gasteiger partial charge on any atom is 0.335 e. The standard InChI is InChI=1S/C19H20O4/c1-4-19(2,3)15-11-13(18(22)23)10-14(17(15)21)16(20)12-8-6-5-7-9-12/h5-11,21H,4H2,1-3H3,(H,22,23). The summed E-state index contributed by atoms with van der Waals surface area (Å²) in [6.07, 6.45) is 0.697. The van der Waals surface area contributed by atoms with Crippen LogP contribution in [0.3, 0.4) is 0 Å². The van der Waals surface area contributed by atoms with Crippen molar-refractivity contribution in [3.05, 3.63) is 64.7 Å². The first-order valence-electron chi connectivity index (χ1n) is 7.48. The summed E-state index contributed by atoms with van der Waals surface area (Å²) in [6.45, 7) is 5.76. The second-order valence-corrected chi connectivity index (χ2v) is 6.16. The normalized spacial score (nSPS) is 11.3. The number of carboxylic acid groups (broad SMARTS) is 1. The van der Waals surface area contributed by atoms with Gasteiger partial charge in [-0.05, 0) is 24.0 Å². The Hall–Kier alpha value is -2.62. The van der Waals surface area contributed by atoms with Crippen LogP contribution in [0.4, 0.5) is 0 Å². The number of rotatable bonds is 5. The van der Waals surface area contributed by atoms with Gasteiger partial charge in [0.1, 0.15) is 5.75 Å². The molecule has 0 unspecified atom stereocenters. The lowest BCUT2D eigenvalue weighted by molar-refractivity contribution is 0.0696. The number of hydrogen-bond donors (Lipinski definition) is 2. The fourth-order valence-corrected chi connectivity index (χ4v) is 2.38. The van der Waals surface area contributed by atoms with Gasteiger partial charge in [-0.15, -0.1) is 0 Å². The lowest BCUT2D eigenvalue weighted by atomic mass is 9.79. The van der Waals surface area contributed by atoms with Gasteiger partial charge in [-0.25, -0.2) is 4.79 Å². The van der Waals surface area contributed by atoms with Crippen LogP contribution in [0.1, 0.15) is 59.0 Å². The van der Waals surface area contributed by atoms with Gasteiger partial charge in [-0.2, -0.15) is 0 Å². The Morgan fingerprint density at radius 2 is 1.65 bits per heavy atom. The van der Waals surface area contributed by atoms with Gasteiger partial charge in [-0.3, -0.25) is 4.79 Å². The molecule has 2 N–H and O–H groups in total. The van der Waals surface area contributed by atoms with E-state index in [0.717, 1.165) is 0 Å². The number of ketones is 1. The van der Waals surface area contributed by atoms with Crippen molar-refractivity contribution in [1.82, 2.24) is 0 Å². The predicted octanol–water partition coefficient (Wildman–Crippen LogP) is 4.01. The van der Waals surface area contributed by atoms with Crippen molar-refractivity contribution in [3.63, 3.8) is 0 Å². The molecule has 120 valence electrons. The Morgan fingerprint density at radius 1 is 1.04 bits per heavy atom. The Kier molecular flexibility index (Phi) is 4.55. The average Bonchev–Trinajstić information content (AvgIpc) is 2.54. The van der Waals surface area contributed by atoms with E-state index in [-0.39, 0.29) is 22.7 Å². The second kappa shape index (κ2) is 6.24. The molecule has 4 heteroatoms. The molecule has 0 atom stereocenters. The number of hydrogen-bond acceptors (Lipinski definition) is 3. The fraction of sp³-hybridized carbons (Fsp3) is 0.263. The number of phenols is 1. The van der Waals surface area contributed by atoms with Gasteiger partial charge in [0, 0.05) is 11.1 Å². The third-order valence-corrected chi connectivity index (χ3v) is 4.25. The summed E-state index contributed by atoms with van der Waals surface area (Å²) in [4.78, 5) is 24.1. The van der Waals surface area contributed by atoms with Crippen LogP contribution in [0.5, 0.6) is 5.75 Å². The molecule has 2 aromatic rings. The SMILES string of the molecule is CCC(C)(C)c1cc(C(=O)O)cc(C(=O)c2ccccc2)c1O. The van der Waals surface area contributed by atoms with Crippen molar-refractivity contribution in [2.45, 2.75) is 32.6 Å². The van der Waals surface area contributed by atoms with E-state index < -0.39 is 11.4 Å².